The fourth-order valence-corrected chi connectivity index (χ4v) is 3.15. The van der Waals surface area contributed by atoms with Crippen LogP contribution in [0.25, 0.3) is 0 Å². The molecule has 0 aromatic heterocycles. The Morgan fingerprint density at radius 1 is 1.33 bits per heavy atom. The largest absolute Gasteiger partial charge is 0.534 e. The SMILES string of the molecule is CN1C(=O)CCC2(C)C(OS(=O)(=O)C(F)(F)F)=CCC=C12. The van der Waals surface area contributed by atoms with E-state index in [1.165, 1.54) is 18.0 Å². The number of rotatable bonds is 2. The minimum Gasteiger partial charge on any atom is -0.380 e. The van der Waals surface area contributed by atoms with Gasteiger partial charge in [0.15, 0.2) is 0 Å². The maximum Gasteiger partial charge on any atom is 0.534 e. The predicted octanol–water partition coefficient (Wildman–Crippen LogP) is 2.28. The van der Waals surface area contributed by atoms with Crippen LogP contribution in [0.5, 0.6) is 0 Å². The number of likely N-dealkylation sites (tertiary alicyclic amines) is 1. The quantitative estimate of drug-likeness (QED) is 0.577. The van der Waals surface area contributed by atoms with Crippen molar-refractivity contribution in [3.8, 4) is 0 Å². The van der Waals surface area contributed by atoms with Crippen LogP contribution in [0, 0.1) is 5.41 Å². The standard InChI is InChI=1S/C12H14F3NO4S/c1-11-7-6-10(17)16(2)8(11)4-3-5-9(11)20-21(18,19)12(13,14)15/h4-5H,3,6-7H2,1-2H3. The summed E-state index contributed by atoms with van der Waals surface area (Å²) >= 11 is 0. The summed E-state index contributed by atoms with van der Waals surface area (Å²) in [7, 11) is -4.21. The smallest absolute Gasteiger partial charge is 0.380 e. The van der Waals surface area contributed by atoms with E-state index in [2.05, 4.69) is 4.18 Å². The van der Waals surface area contributed by atoms with Gasteiger partial charge in [-0.15, -0.1) is 0 Å². The van der Waals surface area contributed by atoms with Crippen LogP contribution < -0.4 is 0 Å². The zero-order valence-electron chi connectivity index (χ0n) is 11.4. The molecule has 0 radical (unpaired) electrons. The Bertz CT molecular complexity index is 635. The molecule has 1 saturated heterocycles. The molecule has 0 spiro atoms. The zero-order valence-corrected chi connectivity index (χ0v) is 12.2. The summed E-state index contributed by atoms with van der Waals surface area (Å²) in [5.74, 6) is -0.449. The van der Waals surface area contributed by atoms with Gasteiger partial charge < -0.3 is 9.08 Å². The Labute approximate surface area is 120 Å². The monoisotopic (exact) mass is 325 g/mol. The van der Waals surface area contributed by atoms with E-state index in [1.54, 1.807) is 13.0 Å². The summed E-state index contributed by atoms with van der Waals surface area (Å²) in [6, 6.07) is 0. The number of nitrogens with zero attached hydrogens (tertiary/aromatic N) is 1. The van der Waals surface area contributed by atoms with E-state index in [1.807, 2.05) is 0 Å². The Morgan fingerprint density at radius 2 is 1.95 bits per heavy atom. The van der Waals surface area contributed by atoms with Crippen LogP contribution in [0.3, 0.4) is 0 Å². The van der Waals surface area contributed by atoms with Gasteiger partial charge in [0.1, 0.15) is 5.76 Å². The Hall–Kier alpha value is -1.51. The van der Waals surface area contributed by atoms with Gasteiger partial charge in [0.2, 0.25) is 5.91 Å². The Kier molecular flexibility index (Phi) is 3.59. The van der Waals surface area contributed by atoms with Gasteiger partial charge in [-0.1, -0.05) is 6.08 Å². The van der Waals surface area contributed by atoms with Gasteiger partial charge >= 0.3 is 15.6 Å². The average Bonchev–Trinajstić information content (AvgIpc) is 2.35. The number of hydrogen-bond donors (Lipinski definition) is 0. The summed E-state index contributed by atoms with van der Waals surface area (Å²) in [4.78, 5) is 13.0. The second-order valence-electron chi connectivity index (χ2n) is 5.16. The Balaban J connectivity index is 2.36. The van der Waals surface area contributed by atoms with E-state index in [-0.39, 0.29) is 30.9 Å². The highest BCUT2D eigenvalue weighted by atomic mass is 32.2. The van der Waals surface area contributed by atoms with Gasteiger partial charge in [0.05, 0.1) is 5.41 Å². The lowest BCUT2D eigenvalue weighted by molar-refractivity contribution is -0.131. The maximum absolute atomic E-state index is 12.5. The number of carbonyl (C=O) groups is 1. The first-order chi connectivity index (χ1) is 9.49. The molecule has 5 nitrogen and oxygen atoms in total. The molecule has 21 heavy (non-hydrogen) atoms. The number of piperidine rings is 1. The van der Waals surface area contributed by atoms with Crippen molar-refractivity contribution in [1.29, 1.82) is 0 Å². The molecule has 0 bridgehead atoms. The molecule has 1 aliphatic heterocycles. The number of alkyl halides is 3. The number of fused-ring (bicyclic) bond motifs is 1. The first-order valence-corrected chi connectivity index (χ1v) is 7.58. The summed E-state index contributed by atoms with van der Waals surface area (Å²) in [5.41, 5.74) is -6.07. The van der Waals surface area contributed by atoms with Crippen LogP contribution in [-0.4, -0.2) is 31.8 Å². The number of halogens is 3. The first kappa shape index (κ1) is 15.9. The lowest BCUT2D eigenvalue weighted by atomic mass is 9.74. The van der Waals surface area contributed by atoms with E-state index in [0.29, 0.717) is 5.70 Å². The van der Waals surface area contributed by atoms with Crippen molar-refractivity contribution < 1.29 is 30.6 Å². The zero-order chi connectivity index (χ0) is 16.1. The highest BCUT2D eigenvalue weighted by Crippen LogP contribution is 2.48. The number of amides is 1. The maximum atomic E-state index is 12.5. The third-order valence-electron chi connectivity index (χ3n) is 3.78. The number of carbonyl (C=O) groups excluding carboxylic acids is 1. The van der Waals surface area contributed by atoms with Crippen LogP contribution >= 0.6 is 0 Å². The molecule has 0 N–H and O–H groups in total. The van der Waals surface area contributed by atoms with Gasteiger partial charge in [-0.05, 0) is 25.8 Å². The van der Waals surface area contributed by atoms with E-state index >= 15 is 0 Å². The van der Waals surface area contributed by atoms with Gasteiger partial charge in [-0.25, -0.2) is 0 Å². The van der Waals surface area contributed by atoms with Crippen LogP contribution in [0.1, 0.15) is 26.2 Å². The van der Waals surface area contributed by atoms with Crippen LogP contribution in [0.15, 0.2) is 23.6 Å². The fourth-order valence-electron chi connectivity index (χ4n) is 2.56. The molecule has 0 aromatic carbocycles. The van der Waals surface area contributed by atoms with Gasteiger partial charge in [0.25, 0.3) is 0 Å². The van der Waals surface area contributed by atoms with Crippen molar-refractivity contribution in [2.75, 3.05) is 7.05 Å². The minimum absolute atomic E-state index is 0.108. The molecule has 0 saturated carbocycles. The topological polar surface area (TPSA) is 63.7 Å². The van der Waals surface area contributed by atoms with E-state index in [4.69, 9.17) is 0 Å². The molecule has 1 atom stereocenters. The van der Waals surface area contributed by atoms with E-state index in [0.717, 1.165) is 0 Å². The third kappa shape index (κ3) is 2.54. The molecule has 2 rings (SSSR count). The molecule has 1 aliphatic carbocycles. The highest BCUT2D eigenvalue weighted by molar-refractivity contribution is 7.87. The highest BCUT2D eigenvalue weighted by Gasteiger charge is 2.52. The fraction of sp³-hybridized carbons (Fsp3) is 0.583. The molecule has 1 fully saturated rings. The summed E-state index contributed by atoms with van der Waals surface area (Å²) < 4.78 is 64.1. The average molecular weight is 325 g/mol. The molecule has 9 heteroatoms. The van der Waals surface area contributed by atoms with Crippen molar-refractivity contribution in [1.82, 2.24) is 4.90 Å². The van der Waals surface area contributed by atoms with E-state index in [9.17, 15) is 26.4 Å². The third-order valence-corrected chi connectivity index (χ3v) is 4.75. The second kappa shape index (κ2) is 4.75. The summed E-state index contributed by atoms with van der Waals surface area (Å²) in [5, 5.41) is 0. The molecular weight excluding hydrogens is 311 g/mol. The molecule has 1 heterocycles. The van der Waals surface area contributed by atoms with Crippen molar-refractivity contribution >= 4 is 16.0 Å². The lowest BCUT2D eigenvalue weighted by Gasteiger charge is -2.43. The molecule has 118 valence electrons. The summed E-state index contributed by atoms with van der Waals surface area (Å²) in [6.45, 7) is 1.57. The normalized spacial score (nSPS) is 26.9. The predicted molar refractivity (Wildman–Crippen MR) is 67.0 cm³/mol. The van der Waals surface area contributed by atoms with Crippen molar-refractivity contribution in [2.24, 2.45) is 5.41 Å². The lowest BCUT2D eigenvalue weighted by Crippen LogP contribution is -2.44. The van der Waals surface area contributed by atoms with Crippen LogP contribution in [0.4, 0.5) is 13.2 Å². The van der Waals surface area contributed by atoms with Crippen LogP contribution in [0.2, 0.25) is 0 Å². The second-order valence-corrected chi connectivity index (χ2v) is 6.70. The van der Waals surface area contributed by atoms with Crippen molar-refractivity contribution in [3.63, 3.8) is 0 Å². The first-order valence-electron chi connectivity index (χ1n) is 6.17. The van der Waals surface area contributed by atoms with Gasteiger partial charge in [-0.3, -0.25) is 4.79 Å². The van der Waals surface area contributed by atoms with Gasteiger partial charge in [0, 0.05) is 19.2 Å². The summed E-state index contributed by atoms with van der Waals surface area (Å²) in [6.07, 6.45) is 3.49. The molecule has 1 unspecified atom stereocenters. The molecular formula is C12H14F3NO4S. The van der Waals surface area contributed by atoms with Crippen molar-refractivity contribution in [2.45, 2.75) is 31.7 Å². The molecule has 1 amide bonds. The van der Waals surface area contributed by atoms with Crippen molar-refractivity contribution in [3.05, 3.63) is 23.6 Å². The Morgan fingerprint density at radius 3 is 2.52 bits per heavy atom. The van der Waals surface area contributed by atoms with Gasteiger partial charge in [-0.2, -0.15) is 21.6 Å². The van der Waals surface area contributed by atoms with E-state index < -0.39 is 21.0 Å². The number of hydrogen-bond acceptors (Lipinski definition) is 4. The molecule has 2 aliphatic rings. The number of allylic oxidation sites excluding steroid dienone is 2. The minimum atomic E-state index is -5.72. The molecule has 0 aromatic rings. The van der Waals surface area contributed by atoms with Crippen LogP contribution in [-0.2, 0) is 19.1 Å².